The Balaban J connectivity index is 0.000000490. The van der Waals surface area contributed by atoms with Crippen molar-refractivity contribution in [3.05, 3.63) is 0 Å². The lowest BCUT2D eigenvalue weighted by molar-refractivity contribution is 0.0639. The monoisotopic (exact) mass is 117 g/mol. The van der Waals surface area contributed by atoms with E-state index >= 15 is 0 Å². The van der Waals surface area contributed by atoms with E-state index in [1.165, 1.54) is 0 Å². The molecule has 0 fully saturated rings. The molecule has 1 aliphatic heterocycles. The Morgan fingerprint density at radius 3 is 2.50 bits per heavy atom. The van der Waals surface area contributed by atoms with Gasteiger partial charge >= 0.3 is 0 Å². The second-order valence-electron chi connectivity index (χ2n) is 1.29. The van der Waals surface area contributed by atoms with Gasteiger partial charge in [-0.15, -0.1) is 0 Å². The molecule has 0 unspecified atom stereocenters. The molecule has 0 aromatic carbocycles. The fraction of sp³-hybridized carbons (Fsp3) is 0.800. The first-order valence-electron chi connectivity index (χ1n) is 2.19. The van der Waals surface area contributed by atoms with E-state index in [0.717, 1.165) is 0 Å². The molecule has 3 nitrogen and oxygen atoms in total. The van der Waals surface area contributed by atoms with Crippen molar-refractivity contribution in [2.75, 3.05) is 13.2 Å². The van der Waals surface area contributed by atoms with E-state index in [9.17, 15) is 0 Å². The second kappa shape index (κ2) is 3.29. The van der Waals surface area contributed by atoms with Crippen molar-refractivity contribution >= 4 is 5.90 Å². The summed E-state index contributed by atoms with van der Waals surface area (Å²) in [5.41, 5.74) is 0. The van der Waals surface area contributed by atoms with Gasteiger partial charge in [-0.2, -0.15) is 0 Å². The zero-order chi connectivity index (χ0) is 5.11. The van der Waals surface area contributed by atoms with Gasteiger partial charge in [-0.1, -0.05) is 12.6 Å². The summed E-state index contributed by atoms with van der Waals surface area (Å²) in [6.07, 6.45) is 0. The first-order chi connectivity index (χ1) is 3.39. The van der Waals surface area contributed by atoms with Gasteiger partial charge in [0.1, 0.15) is 6.61 Å². The third kappa shape index (κ3) is 1.82. The van der Waals surface area contributed by atoms with Crippen LogP contribution in [0, 0.1) is 0 Å². The van der Waals surface area contributed by atoms with Crippen molar-refractivity contribution in [1.82, 2.24) is 0 Å². The average molecular weight is 117 g/mol. The van der Waals surface area contributed by atoms with E-state index in [0.29, 0.717) is 19.1 Å². The van der Waals surface area contributed by atoms with Crippen LogP contribution in [0.4, 0.5) is 0 Å². The van der Waals surface area contributed by atoms with Crippen molar-refractivity contribution in [1.29, 1.82) is 0 Å². The minimum absolute atomic E-state index is 0. The molecule has 0 saturated carbocycles. The third-order valence-electron chi connectivity index (χ3n) is 0.679. The highest BCUT2D eigenvalue weighted by Gasteiger charge is 1.97. The van der Waals surface area contributed by atoms with Gasteiger partial charge in [0.25, 0.3) is 0 Å². The van der Waals surface area contributed by atoms with Crippen LogP contribution in [0.2, 0.25) is 0 Å². The molecule has 0 radical (unpaired) electrons. The van der Waals surface area contributed by atoms with Crippen LogP contribution >= 0.6 is 0 Å². The number of nitrogens with zero attached hydrogens (tertiary/aromatic N) is 1. The van der Waals surface area contributed by atoms with E-state index in [-0.39, 0.29) is 7.43 Å². The average Bonchev–Trinajstić information content (AvgIpc) is 1.69. The summed E-state index contributed by atoms with van der Waals surface area (Å²) in [5.74, 6) is 0.617. The molecule has 0 bridgehead atoms. The second-order valence-corrected chi connectivity index (χ2v) is 1.29. The van der Waals surface area contributed by atoms with Gasteiger partial charge in [0.2, 0.25) is 5.90 Å². The lowest BCUT2D eigenvalue weighted by Gasteiger charge is -2.08. The highest BCUT2D eigenvalue weighted by molar-refractivity contribution is 5.72. The number of oxime groups is 1. The molecule has 0 aliphatic carbocycles. The molecule has 3 heteroatoms. The van der Waals surface area contributed by atoms with E-state index in [1.807, 2.05) is 0 Å². The van der Waals surface area contributed by atoms with Crippen molar-refractivity contribution in [3.8, 4) is 0 Å². The predicted molar refractivity (Wildman–Crippen MR) is 31.7 cm³/mol. The van der Waals surface area contributed by atoms with E-state index in [2.05, 4.69) is 9.99 Å². The minimum atomic E-state index is 0. The summed E-state index contributed by atoms with van der Waals surface area (Å²) in [4.78, 5) is 4.64. The van der Waals surface area contributed by atoms with Crippen LogP contribution in [0.5, 0.6) is 0 Å². The summed E-state index contributed by atoms with van der Waals surface area (Å²) in [6.45, 7) is 2.98. The minimum Gasteiger partial charge on any atom is -0.475 e. The quantitative estimate of drug-likeness (QED) is 0.474. The topological polar surface area (TPSA) is 30.8 Å². The van der Waals surface area contributed by atoms with Crippen LogP contribution in [0.3, 0.4) is 0 Å². The molecule has 0 saturated heterocycles. The normalized spacial score (nSPS) is 16.9. The molecule has 1 heterocycles. The number of ether oxygens (including phenoxy) is 1. The van der Waals surface area contributed by atoms with Crippen molar-refractivity contribution in [2.45, 2.75) is 14.4 Å². The number of hydrogen-bond donors (Lipinski definition) is 0. The van der Waals surface area contributed by atoms with Crippen LogP contribution in [-0.4, -0.2) is 19.1 Å². The van der Waals surface area contributed by atoms with Gasteiger partial charge in [0.05, 0.1) is 0 Å². The van der Waals surface area contributed by atoms with Gasteiger partial charge in [-0.05, 0) is 0 Å². The first kappa shape index (κ1) is 7.27. The molecule has 0 atom stereocenters. The molecular formula is C5H11NO2. The van der Waals surface area contributed by atoms with Crippen molar-refractivity contribution in [2.24, 2.45) is 5.16 Å². The zero-order valence-electron chi connectivity index (χ0n) is 4.18. The molecule has 1 aliphatic rings. The van der Waals surface area contributed by atoms with Crippen LogP contribution < -0.4 is 0 Å². The smallest absolute Gasteiger partial charge is 0.222 e. The SMILES string of the molecule is C.CC1=NOCCO1. The number of rotatable bonds is 0. The van der Waals surface area contributed by atoms with Crippen LogP contribution in [0.1, 0.15) is 14.4 Å². The third-order valence-corrected chi connectivity index (χ3v) is 0.679. The van der Waals surface area contributed by atoms with Gasteiger partial charge in [0, 0.05) is 6.92 Å². The summed E-state index contributed by atoms with van der Waals surface area (Å²) in [7, 11) is 0. The Kier molecular flexibility index (Phi) is 2.99. The first-order valence-corrected chi connectivity index (χ1v) is 2.19. The van der Waals surface area contributed by atoms with Crippen molar-refractivity contribution < 1.29 is 9.57 Å². The van der Waals surface area contributed by atoms with Crippen LogP contribution in [-0.2, 0) is 9.57 Å². The molecule has 8 heavy (non-hydrogen) atoms. The molecule has 0 aromatic heterocycles. The lowest BCUT2D eigenvalue weighted by Crippen LogP contribution is -2.12. The maximum Gasteiger partial charge on any atom is 0.222 e. The van der Waals surface area contributed by atoms with Gasteiger partial charge in [0.15, 0.2) is 6.61 Å². The molecule has 0 N–H and O–H groups in total. The van der Waals surface area contributed by atoms with Crippen LogP contribution in [0.15, 0.2) is 5.16 Å². The Morgan fingerprint density at radius 2 is 2.25 bits per heavy atom. The van der Waals surface area contributed by atoms with Crippen molar-refractivity contribution in [3.63, 3.8) is 0 Å². The molecular weight excluding hydrogens is 106 g/mol. The van der Waals surface area contributed by atoms with Crippen LogP contribution in [0.25, 0.3) is 0 Å². The zero-order valence-corrected chi connectivity index (χ0v) is 4.18. The van der Waals surface area contributed by atoms with Gasteiger partial charge in [-0.3, -0.25) is 0 Å². The standard InChI is InChI=1S/C4H7NO2.CH4/c1-4-5-7-3-2-6-4;/h2-3H2,1H3;1H4. The van der Waals surface area contributed by atoms with Gasteiger partial charge in [-0.25, -0.2) is 0 Å². The summed E-state index contributed by atoms with van der Waals surface area (Å²) in [5, 5.41) is 3.52. The summed E-state index contributed by atoms with van der Waals surface area (Å²) < 4.78 is 4.90. The molecule has 0 aromatic rings. The fourth-order valence-corrected chi connectivity index (χ4v) is 0.390. The molecule has 1 rings (SSSR count). The van der Waals surface area contributed by atoms with Gasteiger partial charge < -0.3 is 9.57 Å². The highest BCUT2D eigenvalue weighted by atomic mass is 16.7. The largest absolute Gasteiger partial charge is 0.475 e. The Hall–Kier alpha value is -0.730. The van der Waals surface area contributed by atoms with E-state index in [4.69, 9.17) is 4.74 Å². The predicted octanol–water partition coefficient (Wildman–Crippen LogP) is 1.00. The van der Waals surface area contributed by atoms with E-state index < -0.39 is 0 Å². The van der Waals surface area contributed by atoms with E-state index in [1.54, 1.807) is 6.92 Å². The Bertz CT molecular complexity index is 90.4. The summed E-state index contributed by atoms with van der Waals surface area (Å²) >= 11 is 0. The maximum absolute atomic E-state index is 4.90. The molecule has 0 spiro atoms. The summed E-state index contributed by atoms with van der Waals surface area (Å²) in [6, 6.07) is 0. The lowest BCUT2D eigenvalue weighted by atomic mass is 10.7. The maximum atomic E-state index is 4.90. The molecule has 48 valence electrons. The molecule has 0 amide bonds. The highest BCUT2D eigenvalue weighted by Crippen LogP contribution is 1.90. The number of hydrogen-bond acceptors (Lipinski definition) is 3. The fourth-order valence-electron chi connectivity index (χ4n) is 0.390. The Labute approximate surface area is 49.3 Å². The Morgan fingerprint density at radius 1 is 1.50 bits per heavy atom.